The Bertz CT molecular complexity index is 919. The third kappa shape index (κ3) is 5.71. The molecule has 5 nitrogen and oxygen atoms in total. The number of ether oxygens (including phenoxy) is 1. The van der Waals surface area contributed by atoms with Gasteiger partial charge in [-0.15, -0.1) is 0 Å². The second-order valence-corrected chi connectivity index (χ2v) is 6.31. The Hall–Kier alpha value is -3.60. The van der Waals surface area contributed by atoms with E-state index in [4.69, 9.17) is 9.84 Å². The highest BCUT2D eigenvalue weighted by atomic mass is 16.5. The molecule has 0 atom stereocenters. The molecular weight excluding hydrogens is 354 g/mol. The largest absolute Gasteiger partial charge is 0.481 e. The fourth-order valence-electron chi connectivity index (χ4n) is 2.71. The number of nitrogens with one attached hydrogen (secondary N) is 1. The van der Waals surface area contributed by atoms with Crippen molar-refractivity contribution in [3.05, 3.63) is 78.9 Å². The summed E-state index contributed by atoms with van der Waals surface area (Å²) < 4.78 is 5.84. The average molecular weight is 375 g/mol. The van der Waals surface area contributed by atoms with Crippen LogP contribution in [0.3, 0.4) is 0 Å². The summed E-state index contributed by atoms with van der Waals surface area (Å²) in [5.74, 6) is 0.291. The van der Waals surface area contributed by atoms with Crippen molar-refractivity contribution in [3.8, 4) is 22.6 Å². The molecule has 1 amide bonds. The molecule has 0 fully saturated rings. The maximum Gasteiger partial charge on any atom is 0.303 e. The SMILES string of the molecule is O=C(O)CCCC(=O)Nc1ccc(Oc2ccc(-c3ccccc3)cc2)cc1. The lowest BCUT2D eigenvalue weighted by Crippen LogP contribution is -2.11. The lowest BCUT2D eigenvalue weighted by molar-refractivity contribution is -0.137. The van der Waals surface area contributed by atoms with E-state index in [0.29, 0.717) is 17.9 Å². The normalized spacial score (nSPS) is 10.3. The smallest absolute Gasteiger partial charge is 0.303 e. The summed E-state index contributed by atoms with van der Waals surface area (Å²) in [5, 5.41) is 11.3. The van der Waals surface area contributed by atoms with Crippen molar-refractivity contribution in [2.75, 3.05) is 5.32 Å². The van der Waals surface area contributed by atoms with Crippen molar-refractivity contribution in [2.24, 2.45) is 0 Å². The van der Waals surface area contributed by atoms with E-state index in [1.807, 2.05) is 42.5 Å². The summed E-state index contributed by atoms with van der Waals surface area (Å²) in [6.07, 6.45) is 0.489. The maximum absolute atomic E-state index is 11.8. The van der Waals surface area contributed by atoms with E-state index in [-0.39, 0.29) is 18.7 Å². The molecule has 0 unspecified atom stereocenters. The van der Waals surface area contributed by atoms with Gasteiger partial charge < -0.3 is 15.2 Å². The molecule has 3 aromatic carbocycles. The van der Waals surface area contributed by atoms with E-state index in [9.17, 15) is 9.59 Å². The Morgan fingerprint density at radius 3 is 1.93 bits per heavy atom. The van der Waals surface area contributed by atoms with Crippen LogP contribution < -0.4 is 10.1 Å². The van der Waals surface area contributed by atoms with E-state index < -0.39 is 5.97 Å². The third-order valence-electron chi connectivity index (χ3n) is 4.13. The number of aliphatic carboxylic acids is 1. The molecule has 0 spiro atoms. The van der Waals surface area contributed by atoms with E-state index >= 15 is 0 Å². The van der Waals surface area contributed by atoms with Crippen LogP contribution in [-0.2, 0) is 9.59 Å². The van der Waals surface area contributed by atoms with Gasteiger partial charge in [-0.25, -0.2) is 0 Å². The van der Waals surface area contributed by atoms with Gasteiger partial charge in [0.1, 0.15) is 11.5 Å². The van der Waals surface area contributed by atoms with Crippen LogP contribution in [0.1, 0.15) is 19.3 Å². The predicted molar refractivity (Wildman–Crippen MR) is 109 cm³/mol. The minimum atomic E-state index is -0.897. The van der Waals surface area contributed by atoms with Crippen molar-refractivity contribution in [1.29, 1.82) is 0 Å². The lowest BCUT2D eigenvalue weighted by Gasteiger charge is -2.09. The van der Waals surface area contributed by atoms with Crippen molar-refractivity contribution in [2.45, 2.75) is 19.3 Å². The summed E-state index contributed by atoms with van der Waals surface area (Å²) in [7, 11) is 0. The molecule has 0 aromatic heterocycles. The number of hydrogen-bond donors (Lipinski definition) is 2. The van der Waals surface area contributed by atoms with Gasteiger partial charge in [0.25, 0.3) is 0 Å². The van der Waals surface area contributed by atoms with Gasteiger partial charge >= 0.3 is 5.97 Å². The minimum absolute atomic E-state index is 0.0107. The first kappa shape index (κ1) is 19.2. The van der Waals surface area contributed by atoms with Crippen LogP contribution in [0.25, 0.3) is 11.1 Å². The number of benzene rings is 3. The van der Waals surface area contributed by atoms with Gasteiger partial charge in [0.15, 0.2) is 0 Å². The standard InChI is InChI=1S/C23H21NO4/c25-22(7-4-8-23(26)27)24-19-11-15-21(16-12-19)28-20-13-9-18(10-14-20)17-5-2-1-3-6-17/h1-3,5-6,9-16H,4,7-8H2,(H,24,25)(H,26,27). The summed E-state index contributed by atoms with van der Waals surface area (Å²) in [5.41, 5.74) is 2.92. The number of hydrogen-bond acceptors (Lipinski definition) is 3. The predicted octanol–water partition coefficient (Wildman–Crippen LogP) is 5.34. The highest BCUT2D eigenvalue weighted by molar-refractivity contribution is 5.90. The summed E-state index contributed by atoms with van der Waals surface area (Å²) >= 11 is 0. The molecule has 5 heteroatoms. The zero-order valence-corrected chi connectivity index (χ0v) is 15.3. The van der Waals surface area contributed by atoms with E-state index in [1.54, 1.807) is 24.3 Å². The van der Waals surface area contributed by atoms with E-state index in [2.05, 4.69) is 17.4 Å². The summed E-state index contributed by atoms with van der Waals surface area (Å²) in [4.78, 5) is 22.3. The molecule has 0 bridgehead atoms. The van der Waals surface area contributed by atoms with Crippen LogP contribution in [0.4, 0.5) is 5.69 Å². The zero-order chi connectivity index (χ0) is 19.8. The first-order valence-corrected chi connectivity index (χ1v) is 9.05. The second kappa shape index (κ2) is 9.37. The van der Waals surface area contributed by atoms with Gasteiger partial charge in [-0.3, -0.25) is 9.59 Å². The van der Waals surface area contributed by atoms with E-state index in [0.717, 1.165) is 16.9 Å². The molecule has 3 rings (SSSR count). The van der Waals surface area contributed by atoms with Crippen LogP contribution >= 0.6 is 0 Å². The molecule has 0 aliphatic heterocycles. The monoisotopic (exact) mass is 375 g/mol. The average Bonchev–Trinajstić information content (AvgIpc) is 2.70. The van der Waals surface area contributed by atoms with Gasteiger partial charge in [-0.05, 0) is 53.9 Å². The third-order valence-corrected chi connectivity index (χ3v) is 4.13. The lowest BCUT2D eigenvalue weighted by atomic mass is 10.1. The quantitative estimate of drug-likeness (QED) is 0.557. The fourth-order valence-corrected chi connectivity index (χ4v) is 2.71. The molecule has 142 valence electrons. The zero-order valence-electron chi connectivity index (χ0n) is 15.3. The Morgan fingerprint density at radius 1 is 0.750 bits per heavy atom. The van der Waals surface area contributed by atoms with Crippen LogP contribution in [0.15, 0.2) is 78.9 Å². The van der Waals surface area contributed by atoms with Crippen LogP contribution in [0.2, 0.25) is 0 Å². The Kier molecular flexibility index (Phi) is 6.41. The minimum Gasteiger partial charge on any atom is -0.481 e. The molecule has 0 heterocycles. The molecule has 2 N–H and O–H groups in total. The number of anilines is 1. The Labute approximate surface area is 163 Å². The van der Waals surface area contributed by atoms with Gasteiger partial charge in [0.2, 0.25) is 5.91 Å². The molecule has 0 aliphatic carbocycles. The van der Waals surface area contributed by atoms with Crippen molar-refractivity contribution < 1.29 is 19.4 Å². The first-order chi connectivity index (χ1) is 13.6. The Balaban J connectivity index is 1.54. The molecule has 28 heavy (non-hydrogen) atoms. The summed E-state index contributed by atoms with van der Waals surface area (Å²) in [6, 6.07) is 25.0. The Morgan fingerprint density at radius 2 is 1.32 bits per heavy atom. The maximum atomic E-state index is 11.8. The van der Waals surface area contributed by atoms with Crippen LogP contribution in [0.5, 0.6) is 11.5 Å². The number of carboxylic acids is 1. The van der Waals surface area contributed by atoms with Crippen molar-refractivity contribution >= 4 is 17.6 Å². The molecular formula is C23H21NO4. The molecule has 0 aliphatic rings. The van der Waals surface area contributed by atoms with Crippen molar-refractivity contribution in [3.63, 3.8) is 0 Å². The van der Waals surface area contributed by atoms with Gasteiger partial charge in [0, 0.05) is 18.5 Å². The molecule has 0 saturated heterocycles. The number of carbonyl (C=O) groups is 2. The fraction of sp³-hybridized carbons (Fsp3) is 0.130. The van der Waals surface area contributed by atoms with Crippen LogP contribution in [0, 0.1) is 0 Å². The molecule has 3 aromatic rings. The first-order valence-electron chi connectivity index (χ1n) is 9.05. The highest BCUT2D eigenvalue weighted by Crippen LogP contribution is 2.26. The molecule has 0 radical (unpaired) electrons. The topological polar surface area (TPSA) is 75.6 Å². The van der Waals surface area contributed by atoms with Gasteiger partial charge in [-0.2, -0.15) is 0 Å². The number of carboxylic acid groups (broad SMARTS) is 1. The van der Waals surface area contributed by atoms with Crippen LogP contribution in [-0.4, -0.2) is 17.0 Å². The van der Waals surface area contributed by atoms with E-state index in [1.165, 1.54) is 0 Å². The molecule has 0 saturated carbocycles. The highest BCUT2D eigenvalue weighted by Gasteiger charge is 2.05. The number of carbonyl (C=O) groups excluding carboxylic acids is 1. The summed E-state index contributed by atoms with van der Waals surface area (Å²) in [6.45, 7) is 0. The van der Waals surface area contributed by atoms with Gasteiger partial charge in [-0.1, -0.05) is 42.5 Å². The van der Waals surface area contributed by atoms with Crippen molar-refractivity contribution in [1.82, 2.24) is 0 Å². The number of amides is 1. The number of rotatable bonds is 8. The second-order valence-electron chi connectivity index (χ2n) is 6.31. The van der Waals surface area contributed by atoms with Gasteiger partial charge in [0.05, 0.1) is 0 Å².